The van der Waals surface area contributed by atoms with Crippen molar-refractivity contribution >= 4 is 40.1 Å². The SMILES string of the molecule is CC1=CC(=O)C2=C(CC3C(=CCC4C(=O)N(CCCC(=O)O)C(=O)C43)C2c2ccc3ccccc3c2O)C1=O. The second-order valence-electron chi connectivity index (χ2n) is 10.8. The molecule has 4 atom stereocenters. The monoisotopic (exact) mass is 525 g/mol. The maximum Gasteiger partial charge on any atom is 0.303 e. The fraction of sp³-hybridized carbons (Fsp3) is 0.323. The minimum Gasteiger partial charge on any atom is -0.507 e. The summed E-state index contributed by atoms with van der Waals surface area (Å²) in [7, 11) is 0. The summed E-state index contributed by atoms with van der Waals surface area (Å²) in [5.74, 6) is -4.75. The number of likely N-dealkylation sites (tertiary alicyclic amines) is 1. The van der Waals surface area contributed by atoms with Gasteiger partial charge < -0.3 is 10.2 Å². The Morgan fingerprint density at radius 1 is 1.03 bits per heavy atom. The van der Waals surface area contributed by atoms with Crippen LogP contribution in [0.4, 0.5) is 0 Å². The van der Waals surface area contributed by atoms with Gasteiger partial charge in [0.25, 0.3) is 0 Å². The van der Waals surface area contributed by atoms with Crippen LogP contribution in [0.5, 0.6) is 5.75 Å². The minimum atomic E-state index is -0.996. The van der Waals surface area contributed by atoms with Gasteiger partial charge in [0.2, 0.25) is 11.8 Å². The molecule has 2 aromatic carbocycles. The Kier molecular flexibility index (Phi) is 5.86. The van der Waals surface area contributed by atoms with Crippen LogP contribution in [0.1, 0.15) is 44.1 Å². The van der Waals surface area contributed by atoms with Gasteiger partial charge in [-0.1, -0.05) is 48.0 Å². The molecule has 8 nitrogen and oxygen atoms in total. The third-order valence-electron chi connectivity index (χ3n) is 8.67. The molecule has 0 radical (unpaired) electrons. The first-order valence-corrected chi connectivity index (χ1v) is 13.2. The van der Waals surface area contributed by atoms with Crippen molar-refractivity contribution in [2.24, 2.45) is 17.8 Å². The minimum absolute atomic E-state index is 0.0178. The fourth-order valence-corrected chi connectivity index (χ4v) is 6.92. The van der Waals surface area contributed by atoms with Crippen molar-refractivity contribution in [3.05, 3.63) is 76.4 Å². The van der Waals surface area contributed by atoms with E-state index in [-0.39, 0.29) is 54.9 Å². The lowest BCUT2D eigenvalue weighted by Crippen LogP contribution is -2.40. The number of Topliss-reactive ketones (excluding diaryl/α,β-unsaturated/α-hetero) is 1. The van der Waals surface area contributed by atoms with Gasteiger partial charge in [0.1, 0.15) is 5.75 Å². The Morgan fingerprint density at radius 2 is 1.79 bits per heavy atom. The van der Waals surface area contributed by atoms with Gasteiger partial charge in [-0.25, -0.2) is 0 Å². The topological polar surface area (TPSA) is 129 Å². The van der Waals surface area contributed by atoms with Crippen LogP contribution < -0.4 is 0 Å². The molecule has 0 spiro atoms. The number of hydrogen-bond acceptors (Lipinski definition) is 6. The van der Waals surface area contributed by atoms with Crippen LogP contribution in [0.15, 0.2) is 70.8 Å². The van der Waals surface area contributed by atoms with E-state index in [1.807, 2.05) is 30.3 Å². The number of carboxylic acid groups (broad SMARTS) is 1. The number of carboxylic acids is 1. The molecular formula is C31H27NO7. The highest BCUT2D eigenvalue weighted by Crippen LogP contribution is 2.56. The van der Waals surface area contributed by atoms with E-state index in [9.17, 15) is 29.1 Å². The second kappa shape index (κ2) is 9.15. The molecule has 4 aliphatic rings. The Hall–Kier alpha value is -4.33. The molecule has 3 aliphatic carbocycles. The largest absolute Gasteiger partial charge is 0.507 e. The molecule has 1 saturated heterocycles. The van der Waals surface area contributed by atoms with Crippen LogP contribution in [-0.4, -0.2) is 51.0 Å². The van der Waals surface area contributed by atoms with Gasteiger partial charge in [-0.3, -0.25) is 28.9 Å². The summed E-state index contributed by atoms with van der Waals surface area (Å²) in [6.45, 7) is 1.62. The number of aromatic hydroxyl groups is 1. The molecule has 0 aromatic heterocycles. The molecule has 1 fully saturated rings. The molecular weight excluding hydrogens is 498 g/mol. The number of phenolic OH excluding ortho intramolecular Hbond substituents is 1. The number of aliphatic carboxylic acids is 1. The van der Waals surface area contributed by atoms with E-state index in [1.54, 1.807) is 19.1 Å². The summed E-state index contributed by atoms with van der Waals surface area (Å²) in [5, 5.41) is 21.9. The molecule has 0 saturated carbocycles. The summed E-state index contributed by atoms with van der Waals surface area (Å²) in [6, 6.07) is 11.0. The average Bonchev–Trinajstić information content (AvgIpc) is 3.16. The summed E-state index contributed by atoms with van der Waals surface area (Å²) in [4.78, 5) is 65.8. The molecule has 1 heterocycles. The number of fused-ring (bicyclic) bond motifs is 4. The number of rotatable bonds is 5. The van der Waals surface area contributed by atoms with E-state index in [1.165, 1.54) is 11.0 Å². The first-order valence-electron chi connectivity index (χ1n) is 13.2. The van der Waals surface area contributed by atoms with Crippen LogP contribution in [0.3, 0.4) is 0 Å². The molecule has 39 heavy (non-hydrogen) atoms. The molecule has 0 bridgehead atoms. The van der Waals surface area contributed by atoms with Gasteiger partial charge in [-0.05, 0) is 43.6 Å². The number of phenols is 1. The van der Waals surface area contributed by atoms with E-state index in [0.29, 0.717) is 34.1 Å². The Morgan fingerprint density at radius 3 is 2.56 bits per heavy atom. The molecule has 198 valence electrons. The fourth-order valence-electron chi connectivity index (χ4n) is 6.92. The molecule has 6 rings (SSSR count). The zero-order chi connectivity index (χ0) is 27.6. The van der Waals surface area contributed by atoms with Crippen molar-refractivity contribution in [1.29, 1.82) is 0 Å². The van der Waals surface area contributed by atoms with Crippen molar-refractivity contribution in [3.63, 3.8) is 0 Å². The van der Waals surface area contributed by atoms with E-state index >= 15 is 0 Å². The number of amides is 2. The van der Waals surface area contributed by atoms with Crippen LogP contribution in [-0.2, 0) is 24.0 Å². The average molecular weight is 526 g/mol. The van der Waals surface area contributed by atoms with E-state index in [4.69, 9.17) is 5.11 Å². The van der Waals surface area contributed by atoms with Gasteiger partial charge in [0.15, 0.2) is 11.6 Å². The third kappa shape index (κ3) is 3.77. The number of carbonyl (C=O) groups is 5. The lowest BCUT2D eigenvalue weighted by molar-refractivity contribution is -0.142. The third-order valence-corrected chi connectivity index (χ3v) is 8.67. The van der Waals surface area contributed by atoms with Gasteiger partial charge >= 0.3 is 5.97 Å². The number of benzene rings is 2. The Bertz CT molecular complexity index is 1590. The number of allylic oxidation sites excluding steroid dienone is 6. The summed E-state index contributed by atoms with van der Waals surface area (Å²) in [6.07, 6.45) is 3.71. The molecule has 2 amide bonds. The normalized spacial score (nSPS) is 26.3. The molecule has 2 aromatic rings. The lowest BCUT2D eigenvalue weighted by atomic mass is 9.59. The standard InChI is InChI=1S/C31H27NO7/c1-15-13-23(33)27-22(28(15)36)14-21-18(25(27)19-9-8-16-5-2-3-6-17(16)29(19)37)10-11-20-26(21)31(39)32(30(20)38)12-4-7-24(34)35/h2-3,5-6,8-10,13,20-21,25-26,37H,4,7,11-12,14H2,1H3,(H,34,35). The van der Waals surface area contributed by atoms with Crippen molar-refractivity contribution in [1.82, 2.24) is 4.90 Å². The van der Waals surface area contributed by atoms with Crippen molar-refractivity contribution < 1.29 is 34.2 Å². The van der Waals surface area contributed by atoms with E-state index < -0.39 is 29.6 Å². The van der Waals surface area contributed by atoms with Gasteiger partial charge in [-0.15, -0.1) is 0 Å². The number of hydrogen-bond donors (Lipinski definition) is 2. The van der Waals surface area contributed by atoms with Gasteiger partial charge in [0.05, 0.1) is 11.8 Å². The second-order valence-corrected chi connectivity index (χ2v) is 10.8. The van der Waals surface area contributed by atoms with Crippen LogP contribution in [0.25, 0.3) is 10.8 Å². The van der Waals surface area contributed by atoms with Crippen molar-refractivity contribution in [2.45, 2.75) is 38.5 Å². The molecule has 1 aliphatic heterocycles. The maximum absolute atomic E-state index is 13.6. The molecule has 2 N–H and O–H groups in total. The van der Waals surface area contributed by atoms with Gasteiger partial charge in [0, 0.05) is 46.6 Å². The zero-order valence-corrected chi connectivity index (χ0v) is 21.3. The zero-order valence-electron chi connectivity index (χ0n) is 21.3. The lowest BCUT2D eigenvalue weighted by Gasteiger charge is -2.42. The number of nitrogens with zero attached hydrogens (tertiary/aromatic N) is 1. The Labute approximate surface area is 224 Å². The summed E-state index contributed by atoms with van der Waals surface area (Å²) < 4.78 is 0. The molecule has 4 unspecified atom stereocenters. The number of imide groups is 1. The highest BCUT2D eigenvalue weighted by molar-refractivity contribution is 6.24. The maximum atomic E-state index is 13.6. The van der Waals surface area contributed by atoms with Crippen molar-refractivity contribution in [3.8, 4) is 5.75 Å². The van der Waals surface area contributed by atoms with E-state index in [0.717, 1.165) is 11.0 Å². The summed E-state index contributed by atoms with van der Waals surface area (Å²) >= 11 is 0. The predicted molar refractivity (Wildman–Crippen MR) is 141 cm³/mol. The van der Waals surface area contributed by atoms with Crippen LogP contribution >= 0.6 is 0 Å². The first kappa shape index (κ1) is 25.0. The van der Waals surface area contributed by atoms with Crippen molar-refractivity contribution in [2.75, 3.05) is 6.54 Å². The smallest absolute Gasteiger partial charge is 0.303 e. The first-order chi connectivity index (χ1) is 18.7. The quantitative estimate of drug-likeness (QED) is 0.345. The van der Waals surface area contributed by atoms with Crippen LogP contribution in [0.2, 0.25) is 0 Å². The highest BCUT2D eigenvalue weighted by Gasteiger charge is 2.56. The molecule has 8 heteroatoms. The van der Waals surface area contributed by atoms with E-state index in [2.05, 4.69) is 0 Å². The Balaban J connectivity index is 1.47. The predicted octanol–water partition coefficient (Wildman–Crippen LogP) is 3.84. The number of ketones is 2. The number of carbonyl (C=O) groups excluding carboxylic acids is 4. The summed E-state index contributed by atoms with van der Waals surface area (Å²) in [5.41, 5.74) is 2.24. The highest BCUT2D eigenvalue weighted by atomic mass is 16.4. The van der Waals surface area contributed by atoms with Crippen LogP contribution in [0, 0.1) is 17.8 Å². The van der Waals surface area contributed by atoms with Gasteiger partial charge in [-0.2, -0.15) is 0 Å².